The van der Waals surface area contributed by atoms with Crippen LogP contribution in [0.25, 0.3) is 0 Å². The van der Waals surface area contributed by atoms with Gasteiger partial charge in [0.15, 0.2) is 6.29 Å². The Morgan fingerprint density at radius 3 is 2.00 bits per heavy atom. The maximum atomic E-state index is 6.02. The molecule has 0 aromatic heterocycles. The minimum Gasteiger partial charge on any atom is -0.352 e. The van der Waals surface area contributed by atoms with Gasteiger partial charge >= 0.3 is 0 Å². The Morgan fingerprint density at radius 2 is 1.43 bits per heavy atom. The number of ether oxygens (including phenoxy) is 2. The first-order chi connectivity index (χ1) is 10.2. The fraction of sp³-hybridized carbons (Fsp3) is 1.00. The topological polar surface area (TPSA) is 18.5 Å². The summed E-state index contributed by atoms with van der Waals surface area (Å²) in [5, 5.41) is 0. The summed E-state index contributed by atoms with van der Waals surface area (Å²) in [6.07, 6.45) is 13.4. The molecule has 2 aliphatic rings. The van der Waals surface area contributed by atoms with E-state index in [0.29, 0.717) is 0 Å². The first-order valence-electron chi connectivity index (χ1n) is 9.41. The van der Waals surface area contributed by atoms with Crippen LogP contribution in [0.4, 0.5) is 0 Å². The summed E-state index contributed by atoms with van der Waals surface area (Å²) in [7, 11) is 0. The quantitative estimate of drug-likeness (QED) is 0.613. The first-order valence-corrected chi connectivity index (χ1v) is 9.41. The van der Waals surface area contributed by atoms with E-state index in [1.165, 1.54) is 57.8 Å². The van der Waals surface area contributed by atoms with Crippen LogP contribution in [0.5, 0.6) is 0 Å². The van der Waals surface area contributed by atoms with Crippen LogP contribution < -0.4 is 0 Å². The van der Waals surface area contributed by atoms with Crippen molar-refractivity contribution in [2.24, 2.45) is 17.3 Å². The molecule has 1 aliphatic carbocycles. The summed E-state index contributed by atoms with van der Waals surface area (Å²) in [4.78, 5) is 0. The van der Waals surface area contributed by atoms with Crippen molar-refractivity contribution in [3.05, 3.63) is 0 Å². The zero-order valence-corrected chi connectivity index (χ0v) is 14.5. The average Bonchev–Trinajstić information content (AvgIpc) is 2.53. The van der Waals surface area contributed by atoms with E-state index in [1.807, 2.05) is 0 Å². The van der Waals surface area contributed by atoms with E-state index in [-0.39, 0.29) is 11.7 Å². The molecule has 1 saturated carbocycles. The van der Waals surface area contributed by atoms with E-state index in [0.717, 1.165) is 31.5 Å². The molecule has 0 bridgehead atoms. The van der Waals surface area contributed by atoms with Crippen molar-refractivity contribution in [1.82, 2.24) is 0 Å². The molecule has 21 heavy (non-hydrogen) atoms. The molecule has 0 unspecified atom stereocenters. The smallest absolute Gasteiger partial charge is 0.157 e. The highest BCUT2D eigenvalue weighted by atomic mass is 16.7. The predicted molar refractivity (Wildman–Crippen MR) is 88.3 cm³/mol. The molecular weight excluding hydrogens is 260 g/mol. The molecule has 0 aromatic carbocycles. The molecule has 2 rings (SSSR count). The minimum absolute atomic E-state index is 0.0684. The standard InChI is InChI=1S/C19H36O2/c1-4-6-8-16-10-12-17(13-11-16)19(3)14-20-18(21-15-19)9-7-5-2/h16-18H,4-15H2,1-3H3. The summed E-state index contributed by atoms with van der Waals surface area (Å²) in [5.74, 6) is 1.80. The van der Waals surface area contributed by atoms with Gasteiger partial charge in [-0.3, -0.25) is 0 Å². The maximum absolute atomic E-state index is 6.02. The Bertz CT molecular complexity index is 273. The number of hydrogen-bond donors (Lipinski definition) is 0. The van der Waals surface area contributed by atoms with Gasteiger partial charge in [0.25, 0.3) is 0 Å². The van der Waals surface area contributed by atoms with Gasteiger partial charge in [-0.05, 0) is 37.5 Å². The second-order valence-electron chi connectivity index (χ2n) is 7.71. The zero-order chi connectivity index (χ0) is 15.1. The molecule has 0 aromatic rings. The van der Waals surface area contributed by atoms with E-state index < -0.39 is 0 Å². The van der Waals surface area contributed by atoms with Crippen molar-refractivity contribution in [3.63, 3.8) is 0 Å². The highest BCUT2D eigenvalue weighted by Gasteiger charge is 2.40. The number of unbranched alkanes of at least 4 members (excludes halogenated alkanes) is 2. The van der Waals surface area contributed by atoms with Gasteiger partial charge in [-0.15, -0.1) is 0 Å². The lowest BCUT2D eigenvalue weighted by atomic mass is 9.67. The highest BCUT2D eigenvalue weighted by Crippen LogP contribution is 2.43. The summed E-state index contributed by atoms with van der Waals surface area (Å²) < 4.78 is 12.0. The molecule has 0 radical (unpaired) electrons. The lowest BCUT2D eigenvalue weighted by Gasteiger charge is -2.45. The third kappa shape index (κ3) is 4.96. The van der Waals surface area contributed by atoms with Crippen LogP contribution in [0.2, 0.25) is 0 Å². The molecule has 1 heterocycles. The Balaban J connectivity index is 1.73. The van der Waals surface area contributed by atoms with Crippen LogP contribution in [-0.2, 0) is 9.47 Å². The zero-order valence-electron chi connectivity index (χ0n) is 14.5. The predicted octanol–water partition coefficient (Wildman–Crippen LogP) is 5.55. The molecule has 124 valence electrons. The van der Waals surface area contributed by atoms with E-state index in [2.05, 4.69) is 20.8 Å². The normalized spacial score (nSPS) is 37.6. The van der Waals surface area contributed by atoms with Gasteiger partial charge in [0.1, 0.15) is 0 Å². The minimum atomic E-state index is 0.0684. The Labute approximate surface area is 132 Å². The largest absolute Gasteiger partial charge is 0.352 e. The van der Waals surface area contributed by atoms with Crippen molar-refractivity contribution in [2.45, 2.75) is 91.3 Å². The second-order valence-corrected chi connectivity index (χ2v) is 7.71. The summed E-state index contributed by atoms with van der Waals surface area (Å²) in [6.45, 7) is 8.74. The van der Waals surface area contributed by atoms with Crippen LogP contribution in [0.15, 0.2) is 0 Å². The van der Waals surface area contributed by atoms with Gasteiger partial charge in [-0.25, -0.2) is 0 Å². The molecular formula is C19H36O2. The van der Waals surface area contributed by atoms with Crippen LogP contribution in [0, 0.1) is 17.3 Å². The van der Waals surface area contributed by atoms with Crippen LogP contribution >= 0.6 is 0 Å². The van der Waals surface area contributed by atoms with E-state index in [4.69, 9.17) is 9.47 Å². The molecule has 0 atom stereocenters. The molecule has 0 amide bonds. The maximum Gasteiger partial charge on any atom is 0.157 e. The number of hydrogen-bond acceptors (Lipinski definition) is 2. The summed E-state index contributed by atoms with van der Waals surface area (Å²) in [5.41, 5.74) is 0.262. The van der Waals surface area contributed by atoms with Gasteiger partial charge in [-0.1, -0.05) is 59.3 Å². The second kappa shape index (κ2) is 8.53. The van der Waals surface area contributed by atoms with Gasteiger partial charge in [0, 0.05) is 5.41 Å². The SMILES string of the molecule is CCCCC1CCC(C2(C)COC(CCCC)OC2)CC1. The summed E-state index contributed by atoms with van der Waals surface area (Å²) in [6, 6.07) is 0. The van der Waals surface area contributed by atoms with E-state index >= 15 is 0 Å². The highest BCUT2D eigenvalue weighted by molar-refractivity contribution is 4.88. The molecule has 2 heteroatoms. The molecule has 1 aliphatic heterocycles. The van der Waals surface area contributed by atoms with Crippen molar-refractivity contribution in [3.8, 4) is 0 Å². The third-order valence-corrected chi connectivity index (χ3v) is 5.79. The Kier molecular flexibility index (Phi) is 7.01. The molecule has 0 spiro atoms. The molecule has 0 N–H and O–H groups in total. The lowest BCUT2D eigenvalue weighted by molar-refractivity contribution is -0.241. The van der Waals surface area contributed by atoms with Gasteiger partial charge in [-0.2, -0.15) is 0 Å². The monoisotopic (exact) mass is 296 g/mol. The molecule has 1 saturated heterocycles. The van der Waals surface area contributed by atoms with Gasteiger partial charge in [0.05, 0.1) is 13.2 Å². The first kappa shape index (κ1) is 17.3. The van der Waals surface area contributed by atoms with Gasteiger partial charge in [0.2, 0.25) is 0 Å². The third-order valence-electron chi connectivity index (χ3n) is 5.79. The van der Waals surface area contributed by atoms with Crippen molar-refractivity contribution < 1.29 is 9.47 Å². The van der Waals surface area contributed by atoms with E-state index in [1.54, 1.807) is 0 Å². The van der Waals surface area contributed by atoms with Crippen LogP contribution in [0.1, 0.15) is 85.0 Å². The Morgan fingerprint density at radius 1 is 0.857 bits per heavy atom. The fourth-order valence-corrected chi connectivity index (χ4v) is 4.07. The number of rotatable bonds is 7. The van der Waals surface area contributed by atoms with Crippen LogP contribution in [-0.4, -0.2) is 19.5 Å². The Hall–Kier alpha value is -0.0800. The fourth-order valence-electron chi connectivity index (χ4n) is 4.07. The van der Waals surface area contributed by atoms with Crippen molar-refractivity contribution >= 4 is 0 Å². The molecule has 2 fully saturated rings. The van der Waals surface area contributed by atoms with Gasteiger partial charge < -0.3 is 9.47 Å². The summed E-state index contributed by atoms with van der Waals surface area (Å²) >= 11 is 0. The average molecular weight is 296 g/mol. The van der Waals surface area contributed by atoms with Crippen molar-refractivity contribution in [1.29, 1.82) is 0 Å². The van der Waals surface area contributed by atoms with Crippen LogP contribution in [0.3, 0.4) is 0 Å². The molecule has 2 nitrogen and oxygen atoms in total. The van der Waals surface area contributed by atoms with Crippen molar-refractivity contribution in [2.75, 3.05) is 13.2 Å². The lowest BCUT2D eigenvalue weighted by Crippen LogP contribution is -2.45. The van der Waals surface area contributed by atoms with E-state index in [9.17, 15) is 0 Å².